The van der Waals surface area contributed by atoms with E-state index in [-0.39, 0.29) is 18.4 Å². The lowest BCUT2D eigenvalue weighted by Gasteiger charge is -2.18. The molecule has 0 heterocycles. The highest BCUT2D eigenvalue weighted by atomic mass is 16.5. The fourth-order valence-corrected chi connectivity index (χ4v) is 1.32. The number of hydrogen-bond acceptors (Lipinski definition) is 5. The lowest BCUT2D eigenvalue weighted by atomic mass is 10.2. The van der Waals surface area contributed by atoms with E-state index in [2.05, 4.69) is 20.7 Å². The van der Waals surface area contributed by atoms with Gasteiger partial charge in [0.15, 0.2) is 0 Å². The van der Waals surface area contributed by atoms with Crippen molar-refractivity contribution in [2.24, 2.45) is 0 Å². The maximum Gasteiger partial charge on any atom is 0.321 e. The maximum atomic E-state index is 11.6. The Morgan fingerprint density at radius 2 is 1.83 bits per heavy atom. The second-order valence-corrected chi connectivity index (χ2v) is 3.92. The van der Waals surface area contributed by atoms with Gasteiger partial charge < -0.3 is 15.4 Å². The smallest absolute Gasteiger partial charge is 0.321 e. The van der Waals surface area contributed by atoms with Crippen LogP contribution in [0.15, 0.2) is 0 Å². The van der Waals surface area contributed by atoms with Gasteiger partial charge in [-0.05, 0) is 20.8 Å². The predicted molar refractivity (Wildman–Crippen MR) is 65.9 cm³/mol. The Morgan fingerprint density at radius 3 is 2.33 bits per heavy atom. The predicted octanol–water partition coefficient (Wildman–Crippen LogP) is -0.238. The molecule has 0 fully saturated rings. The van der Waals surface area contributed by atoms with E-state index in [1.165, 1.54) is 7.11 Å². The van der Waals surface area contributed by atoms with Gasteiger partial charge in [0.25, 0.3) is 0 Å². The van der Waals surface area contributed by atoms with Crippen LogP contribution in [-0.2, 0) is 14.3 Å². The minimum atomic E-state index is -0.577. The minimum Gasteiger partial charge on any atom is -0.469 e. The van der Waals surface area contributed by atoms with Gasteiger partial charge in [-0.3, -0.25) is 14.9 Å². The van der Waals surface area contributed by atoms with E-state index in [1.54, 1.807) is 20.8 Å². The molecule has 2 unspecified atom stereocenters. The normalized spacial score (nSPS) is 13.3. The van der Waals surface area contributed by atoms with Gasteiger partial charge in [0, 0.05) is 12.6 Å². The highest BCUT2D eigenvalue weighted by Gasteiger charge is 2.18. The Hall–Kier alpha value is -1.63. The van der Waals surface area contributed by atoms with Crippen LogP contribution in [0.5, 0.6) is 0 Å². The molecule has 0 aromatic heterocycles. The van der Waals surface area contributed by atoms with Gasteiger partial charge in [0.1, 0.15) is 0 Å². The molecule has 0 rings (SSSR count). The first-order valence-electron chi connectivity index (χ1n) is 5.82. The molecule has 0 aliphatic carbocycles. The van der Waals surface area contributed by atoms with Gasteiger partial charge in [-0.25, -0.2) is 4.79 Å². The number of carbonyl (C=O) groups excluding carboxylic acids is 3. The third kappa shape index (κ3) is 6.85. The minimum absolute atomic E-state index is 0.162. The van der Waals surface area contributed by atoms with Crippen molar-refractivity contribution in [3.05, 3.63) is 0 Å². The molecular weight excluding hydrogens is 238 g/mol. The van der Waals surface area contributed by atoms with Crippen LogP contribution in [0.25, 0.3) is 0 Å². The van der Waals surface area contributed by atoms with Crippen molar-refractivity contribution in [3.63, 3.8) is 0 Å². The van der Waals surface area contributed by atoms with E-state index < -0.39 is 18.0 Å². The number of methoxy groups -OCH3 is 1. The highest BCUT2D eigenvalue weighted by molar-refractivity contribution is 5.96. The maximum absolute atomic E-state index is 11.6. The number of amides is 3. The van der Waals surface area contributed by atoms with Crippen molar-refractivity contribution in [3.8, 4) is 0 Å². The van der Waals surface area contributed by atoms with Gasteiger partial charge in [-0.1, -0.05) is 0 Å². The number of rotatable bonds is 6. The molecule has 0 bridgehead atoms. The Bertz CT molecular complexity index is 307. The topological polar surface area (TPSA) is 96.5 Å². The Labute approximate surface area is 107 Å². The summed E-state index contributed by atoms with van der Waals surface area (Å²) in [5.74, 6) is -0.802. The van der Waals surface area contributed by atoms with Crippen LogP contribution in [0, 0.1) is 0 Å². The molecule has 3 N–H and O–H groups in total. The Kier molecular flexibility index (Phi) is 7.69. The van der Waals surface area contributed by atoms with Gasteiger partial charge in [0.2, 0.25) is 5.91 Å². The summed E-state index contributed by atoms with van der Waals surface area (Å²) in [6, 6.07) is -1.32. The standard InChI is InChI=1S/C11H21N3O4/c1-5-12-11(17)14-10(16)8(3)13-7(2)6-9(15)18-4/h7-8,13H,5-6H2,1-4H3,(H2,12,14,16,17). The molecule has 0 radical (unpaired) electrons. The van der Waals surface area contributed by atoms with Crippen molar-refractivity contribution in [1.29, 1.82) is 0 Å². The summed E-state index contributed by atoms with van der Waals surface area (Å²) in [6.07, 6.45) is 0.162. The molecule has 104 valence electrons. The van der Waals surface area contributed by atoms with Crippen LogP contribution in [0.2, 0.25) is 0 Å². The van der Waals surface area contributed by atoms with Crippen LogP contribution < -0.4 is 16.0 Å². The summed E-state index contributed by atoms with van der Waals surface area (Å²) in [4.78, 5) is 33.7. The number of esters is 1. The molecule has 18 heavy (non-hydrogen) atoms. The molecule has 0 aromatic carbocycles. The number of carbonyl (C=O) groups is 3. The van der Waals surface area contributed by atoms with Crippen molar-refractivity contribution < 1.29 is 19.1 Å². The van der Waals surface area contributed by atoms with Gasteiger partial charge in [0.05, 0.1) is 19.6 Å². The van der Waals surface area contributed by atoms with Crippen LogP contribution in [0.4, 0.5) is 4.79 Å². The molecule has 3 amide bonds. The van der Waals surface area contributed by atoms with Crippen molar-refractivity contribution in [2.45, 2.75) is 39.3 Å². The fraction of sp³-hybridized carbons (Fsp3) is 0.727. The van der Waals surface area contributed by atoms with E-state index in [9.17, 15) is 14.4 Å². The highest BCUT2D eigenvalue weighted by Crippen LogP contribution is 1.95. The summed E-state index contributed by atoms with van der Waals surface area (Å²) < 4.78 is 4.52. The average molecular weight is 259 g/mol. The van der Waals surface area contributed by atoms with Crippen LogP contribution >= 0.6 is 0 Å². The van der Waals surface area contributed by atoms with E-state index in [0.717, 1.165) is 0 Å². The van der Waals surface area contributed by atoms with Crippen molar-refractivity contribution in [1.82, 2.24) is 16.0 Å². The second kappa shape index (κ2) is 8.46. The van der Waals surface area contributed by atoms with Crippen molar-refractivity contribution >= 4 is 17.9 Å². The first-order valence-corrected chi connectivity index (χ1v) is 5.82. The fourth-order valence-electron chi connectivity index (χ4n) is 1.32. The number of ether oxygens (including phenoxy) is 1. The molecular formula is C11H21N3O4. The van der Waals surface area contributed by atoms with E-state index in [1.807, 2.05) is 0 Å². The Balaban J connectivity index is 4.07. The third-order valence-corrected chi connectivity index (χ3v) is 2.20. The second-order valence-electron chi connectivity index (χ2n) is 3.92. The molecule has 7 heteroatoms. The average Bonchev–Trinajstić information content (AvgIpc) is 2.28. The molecule has 7 nitrogen and oxygen atoms in total. The van der Waals surface area contributed by atoms with E-state index in [4.69, 9.17) is 0 Å². The van der Waals surface area contributed by atoms with E-state index >= 15 is 0 Å². The van der Waals surface area contributed by atoms with Crippen LogP contribution in [-0.4, -0.2) is 43.6 Å². The zero-order chi connectivity index (χ0) is 14.1. The summed E-state index contributed by atoms with van der Waals surface area (Å²) in [5, 5.41) is 7.54. The summed E-state index contributed by atoms with van der Waals surface area (Å²) >= 11 is 0. The monoisotopic (exact) mass is 259 g/mol. The molecule has 0 aliphatic rings. The number of hydrogen-bond donors (Lipinski definition) is 3. The quantitative estimate of drug-likeness (QED) is 0.572. The number of urea groups is 1. The van der Waals surface area contributed by atoms with Crippen LogP contribution in [0.1, 0.15) is 27.2 Å². The lowest BCUT2D eigenvalue weighted by molar-refractivity contribution is -0.141. The first-order chi connectivity index (χ1) is 8.40. The molecule has 0 saturated carbocycles. The number of imide groups is 1. The molecule has 2 atom stereocenters. The Morgan fingerprint density at radius 1 is 1.22 bits per heavy atom. The summed E-state index contributed by atoms with van der Waals surface area (Å²) in [7, 11) is 1.31. The first kappa shape index (κ1) is 16.4. The molecule has 0 aromatic rings. The SMILES string of the molecule is CCNC(=O)NC(=O)C(C)NC(C)CC(=O)OC. The zero-order valence-corrected chi connectivity index (χ0v) is 11.2. The summed E-state index contributed by atoms with van der Waals surface area (Å²) in [6.45, 7) is 5.57. The zero-order valence-electron chi connectivity index (χ0n) is 11.2. The van der Waals surface area contributed by atoms with Gasteiger partial charge >= 0.3 is 12.0 Å². The molecule has 0 aliphatic heterocycles. The molecule has 0 spiro atoms. The van der Waals surface area contributed by atoms with Gasteiger partial charge in [-0.15, -0.1) is 0 Å². The lowest BCUT2D eigenvalue weighted by Crippen LogP contribution is -2.50. The van der Waals surface area contributed by atoms with Crippen LogP contribution in [0.3, 0.4) is 0 Å². The third-order valence-electron chi connectivity index (χ3n) is 2.20. The number of nitrogens with one attached hydrogen (secondary N) is 3. The molecule has 0 saturated heterocycles. The van der Waals surface area contributed by atoms with Crippen molar-refractivity contribution in [2.75, 3.05) is 13.7 Å². The van der Waals surface area contributed by atoms with E-state index in [0.29, 0.717) is 6.54 Å². The van der Waals surface area contributed by atoms with Gasteiger partial charge in [-0.2, -0.15) is 0 Å². The largest absolute Gasteiger partial charge is 0.469 e. The summed E-state index contributed by atoms with van der Waals surface area (Å²) in [5.41, 5.74) is 0.